The van der Waals surface area contributed by atoms with E-state index in [-0.39, 0.29) is 10.8 Å². The van der Waals surface area contributed by atoms with Crippen molar-refractivity contribution in [3.63, 3.8) is 0 Å². The van der Waals surface area contributed by atoms with Crippen LogP contribution in [0.25, 0.3) is 0 Å². The number of hydrogen-bond acceptors (Lipinski definition) is 6. The lowest BCUT2D eigenvalue weighted by atomic mass is 10.1. The molecule has 1 aliphatic rings. The highest BCUT2D eigenvalue weighted by atomic mass is 32.2. The van der Waals surface area contributed by atoms with E-state index in [0.717, 1.165) is 11.4 Å². The largest absolute Gasteiger partial charge is 0.497 e. The molecule has 8 nitrogen and oxygen atoms in total. The number of benzene rings is 2. The van der Waals surface area contributed by atoms with Gasteiger partial charge in [-0.05, 0) is 43.3 Å². The molecule has 9 heteroatoms. The van der Waals surface area contributed by atoms with Crippen LogP contribution in [-0.2, 0) is 10.0 Å². The average molecular weight is 467 g/mol. The highest BCUT2D eigenvalue weighted by Gasteiger charge is 2.29. The fourth-order valence-electron chi connectivity index (χ4n) is 3.62. The number of aryl methyl sites for hydroxylation is 1. The van der Waals surface area contributed by atoms with Gasteiger partial charge in [0, 0.05) is 37.8 Å². The molecular formula is C24H26N4O4S. The molecule has 0 saturated carbocycles. The number of nitrogens with zero attached hydrogens (tertiary/aromatic N) is 3. The van der Waals surface area contributed by atoms with Crippen LogP contribution >= 0.6 is 0 Å². The fraction of sp³-hybridized carbons (Fsp3) is 0.250. The predicted molar refractivity (Wildman–Crippen MR) is 127 cm³/mol. The number of amides is 1. The summed E-state index contributed by atoms with van der Waals surface area (Å²) in [5.74, 6) is 1.05. The summed E-state index contributed by atoms with van der Waals surface area (Å²) in [4.78, 5) is 19.1. The van der Waals surface area contributed by atoms with Gasteiger partial charge >= 0.3 is 0 Å². The number of piperazine rings is 1. The molecule has 0 bridgehead atoms. The van der Waals surface area contributed by atoms with Gasteiger partial charge in [-0.1, -0.05) is 23.8 Å². The van der Waals surface area contributed by atoms with E-state index in [4.69, 9.17) is 4.74 Å². The summed E-state index contributed by atoms with van der Waals surface area (Å²) >= 11 is 0. The summed E-state index contributed by atoms with van der Waals surface area (Å²) < 4.78 is 32.6. The Balaban J connectivity index is 1.37. The quantitative estimate of drug-likeness (QED) is 0.600. The van der Waals surface area contributed by atoms with E-state index in [1.807, 2.05) is 30.0 Å². The van der Waals surface area contributed by atoms with Gasteiger partial charge in [-0.3, -0.25) is 4.79 Å². The normalized spacial score (nSPS) is 14.7. The Morgan fingerprint density at radius 2 is 1.73 bits per heavy atom. The number of sulfonamides is 1. The lowest BCUT2D eigenvalue weighted by molar-refractivity contribution is 0.102. The van der Waals surface area contributed by atoms with Crippen molar-refractivity contribution in [1.82, 2.24) is 9.29 Å². The Morgan fingerprint density at radius 1 is 1.00 bits per heavy atom. The van der Waals surface area contributed by atoms with Crippen LogP contribution in [0.1, 0.15) is 15.9 Å². The molecule has 2 aromatic carbocycles. The maximum atomic E-state index is 13.0. The van der Waals surface area contributed by atoms with Gasteiger partial charge in [0.1, 0.15) is 11.6 Å². The van der Waals surface area contributed by atoms with Crippen molar-refractivity contribution in [2.24, 2.45) is 0 Å². The molecule has 1 aliphatic heterocycles. The van der Waals surface area contributed by atoms with E-state index < -0.39 is 10.0 Å². The van der Waals surface area contributed by atoms with Crippen molar-refractivity contribution in [3.8, 4) is 5.75 Å². The Bertz CT molecular complexity index is 1220. The van der Waals surface area contributed by atoms with Gasteiger partial charge in [-0.2, -0.15) is 4.31 Å². The van der Waals surface area contributed by atoms with E-state index in [1.54, 1.807) is 42.6 Å². The second-order valence-corrected chi connectivity index (χ2v) is 9.73. The van der Waals surface area contributed by atoms with Crippen molar-refractivity contribution in [2.45, 2.75) is 11.8 Å². The summed E-state index contributed by atoms with van der Waals surface area (Å²) in [6.45, 7) is 3.72. The molecule has 3 aromatic rings. The second kappa shape index (κ2) is 9.60. The first-order valence-electron chi connectivity index (χ1n) is 10.6. The summed E-state index contributed by atoms with van der Waals surface area (Å²) in [7, 11) is -2.08. The summed E-state index contributed by atoms with van der Waals surface area (Å²) in [6.07, 6.45) is 1.61. The minimum Gasteiger partial charge on any atom is -0.497 e. The van der Waals surface area contributed by atoms with Crippen molar-refractivity contribution < 1.29 is 17.9 Å². The highest BCUT2D eigenvalue weighted by molar-refractivity contribution is 7.89. The van der Waals surface area contributed by atoms with Crippen LogP contribution in [0.15, 0.2) is 71.8 Å². The molecule has 0 radical (unpaired) electrons. The van der Waals surface area contributed by atoms with Crippen molar-refractivity contribution in [2.75, 3.05) is 43.5 Å². The van der Waals surface area contributed by atoms with E-state index in [1.165, 1.54) is 17.5 Å². The number of hydrogen-bond donors (Lipinski definition) is 1. The Hall–Kier alpha value is -3.43. The first kappa shape index (κ1) is 22.8. The molecule has 0 atom stereocenters. The van der Waals surface area contributed by atoms with Crippen LogP contribution in [0.3, 0.4) is 0 Å². The predicted octanol–water partition coefficient (Wildman–Crippen LogP) is 3.16. The Labute approximate surface area is 193 Å². The molecular weight excluding hydrogens is 440 g/mol. The van der Waals surface area contributed by atoms with Crippen LogP contribution in [-0.4, -0.2) is 56.9 Å². The molecule has 2 heterocycles. The van der Waals surface area contributed by atoms with Crippen molar-refractivity contribution in [1.29, 1.82) is 0 Å². The smallest absolute Gasteiger partial charge is 0.255 e. The number of pyridine rings is 1. The van der Waals surface area contributed by atoms with Gasteiger partial charge < -0.3 is 15.0 Å². The molecule has 33 heavy (non-hydrogen) atoms. The van der Waals surface area contributed by atoms with Crippen LogP contribution < -0.4 is 15.0 Å². The molecule has 0 unspecified atom stereocenters. The zero-order chi connectivity index (χ0) is 23.4. The molecule has 1 aromatic heterocycles. The SMILES string of the molecule is COc1cccc(S(=O)(=O)N2CCN(c3ccc(NC(=O)c4ccc(C)cc4)cn3)CC2)c1. The molecule has 1 fully saturated rings. The molecule has 172 valence electrons. The molecule has 1 N–H and O–H groups in total. The van der Waals surface area contributed by atoms with Gasteiger partial charge in [0.2, 0.25) is 10.0 Å². The van der Waals surface area contributed by atoms with E-state index in [9.17, 15) is 13.2 Å². The maximum Gasteiger partial charge on any atom is 0.255 e. The third kappa shape index (κ3) is 5.15. The third-order valence-corrected chi connectivity index (χ3v) is 7.46. The number of anilines is 2. The third-order valence-electron chi connectivity index (χ3n) is 5.56. The van der Waals surface area contributed by atoms with Gasteiger partial charge in [-0.25, -0.2) is 13.4 Å². The molecule has 1 saturated heterocycles. The summed E-state index contributed by atoms with van der Waals surface area (Å²) in [5.41, 5.74) is 2.27. The monoisotopic (exact) mass is 466 g/mol. The number of methoxy groups -OCH3 is 1. The molecule has 4 rings (SSSR count). The lowest BCUT2D eigenvalue weighted by Gasteiger charge is -2.34. The minimum absolute atomic E-state index is 0.194. The van der Waals surface area contributed by atoms with Gasteiger partial charge in [0.25, 0.3) is 5.91 Å². The molecule has 0 aliphatic carbocycles. The van der Waals surface area contributed by atoms with Crippen LogP contribution in [0.4, 0.5) is 11.5 Å². The minimum atomic E-state index is -3.59. The Kier molecular flexibility index (Phi) is 6.62. The second-order valence-electron chi connectivity index (χ2n) is 7.80. The number of ether oxygens (including phenoxy) is 1. The fourth-order valence-corrected chi connectivity index (χ4v) is 5.08. The number of nitrogens with one attached hydrogen (secondary N) is 1. The van der Waals surface area contributed by atoms with Crippen LogP contribution in [0, 0.1) is 6.92 Å². The molecule has 1 amide bonds. The number of aromatic nitrogens is 1. The van der Waals surface area contributed by atoms with Crippen LogP contribution in [0.5, 0.6) is 5.75 Å². The average Bonchev–Trinajstić information content (AvgIpc) is 2.85. The lowest BCUT2D eigenvalue weighted by Crippen LogP contribution is -2.48. The molecule has 0 spiro atoms. The summed E-state index contributed by atoms with van der Waals surface area (Å²) in [5, 5.41) is 2.84. The number of carbonyl (C=O) groups is 1. The highest BCUT2D eigenvalue weighted by Crippen LogP contribution is 2.23. The van der Waals surface area contributed by atoms with Crippen molar-refractivity contribution >= 4 is 27.4 Å². The van der Waals surface area contributed by atoms with Crippen molar-refractivity contribution in [3.05, 3.63) is 78.0 Å². The standard InChI is InChI=1S/C24H26N4O4S/c1-18-6-8-19(9-7-18)24(29)26-20-10-11-23(25-17-20)27-12-14-28(15-13-27)33(30,31)22-5-3-4-21(16-22)32-2/h3-11,16-17H,12-15H2,1-2H3,(H,26,29). The van der Waals surface area contributed by atoms with Gasteiger partial charge in [-0.15, -0.1) is 0 Å². The van der Waals surface area contributed by atoms with Gasteiger partial charge in [0.15, 0.2) is 0 Å². The zero-order valence-corrected chi connectivity index (χ0v) is 19.4. The maximum absolute atomic E-state index is 13.0. The summed E-state index contributed by atoms with van der Waals surface area (Å²) in [6, 6.07) is 17.5. The number of carbonyl (C=O) groups excluding carboxylic acids is 1. The zero-order valence-electron chi connectivity index (χ0n) is 18.6. The van der Waals surface area contributed by atoms with E-state index >= 15 is 0 Å². The Morgan fingerprint density at radius 3 is 2.36 bits per heavy atom. The van der Waals surface area contributed by atoms with E-state index in [0.29, 0.717) is 43.2 Å². The number of rotatable bonds is 6. The van der Waals surface area contributed by atoms with Crippen LogP contribution in [0.2, 0.25) is 0 Å². The first-order chi connectivity index (χ1) is 15.9. The topological polar surface area (TPSA) is 91.8 Å². The first-order valence-corrected chi connectivity index (χ1v) is 12.0. The van der Waals surface area contributed by atoms with Gasteiger partial charge in [0.05, 0.1) is 23.9 Å². The van der Waals surface area contributed by atoms with E-state index in [2.05, 4.69) is 10.3 Å².